The zero-order valence-electron chi connectivity index (χ0n) is 17.3. The zero-order valence-corrected chi connectivity index (χ0v) is 18.9. The van der Waals surface area contributed by atoms with E-state index in [2.05, 4.69) is 0 Å². The third-order valence-electron chi connectivity index (χ3n) is 4.54. The lowest BCUT2D eigenvalue weighted by Gasteiger charge is -2.14. The summed E-state index contributed by atoms with van der Waals surface area (Å²) in [4.78, 5) is 26.6. The number of thioether (sulfide) groups is 1. The summed E-state index contributed by atoms with van der Waals surface area (Å²) >= 11 is 6.64. The summed E-state index contributed by atoms with van der Waals surface area (Å²) in [6.45, 7) is 1.89. The standard InChI is InChI=1S/C22H19NO7S2/c1-3-27-20(24)11-28-17-8-13(4-6-15(17)26-2)9-19-21(25)23(22(31)32-19)14-5-7-16-18(10-14)30-12-29-16/h4-10H,3,11-12H2,1-2H3/b19-9-. The number of benzene rings is 2. The number of fused-ring (bicyclic) bond motifs is 1. The van der Waals surface area contributed by atoms with Crippen molar-refractivity contribution in [3.05, 3.63) is 46.9 Å². The van der Waals surface area contributed by atoms with Crippen LogP contribution in [0.1, 0.15) is 12.5 Å². The maximum atomic E-state index is 13.1. The molecule has 8 nitrogen and oxygen atoms in total. The van der Waals surface area contributed by atoms with Crippen LogP contribution in [-0.4, -0.2) is 43.3 Å². The molecule has 2 aromatic rings. The van der Waals surface area contributed by atoms with Crippen LogP contribution in [0.4, 0.5) is 5.69 Å². The normalized spacial score (nSPS) is 15.9. The molecule has 32 heavy (non-hydrogen) atoms. The number of hydrogen-bond donors (Lipinski definition) is 0. The molecule has 2 aliphatic heterocycles. The van der Waals surface area contributed by atoms with E-state index in [1.165, 1.54) is 23.8 Å². The van der Waals surface area contributed by atoms with Crippen molar-refractivity contribution in [3.8, 4) is 23.0 Å². The molecular weight excluding hydrogens is 454 g/mol. The summed E-state index contributed by atoms with van der Waals surface area (Å²) in [5.41, 5.74) is 1.30. The van der Waals surface area contributed by atoms with Crippen molar-refractivity contribution in [1.82, 2.24) is 0 Å². The van der Waals surface area contributed by atoms with Crippen molar-refractivity contribution in [2.45, 2.75) is 6.92 Å². The van der Waals surface area contributed by atoms with Gasteiger partial charge in [0.2, 0.25) is 6.79 Å². The number of ether oxygens (including phenoxy) is 5. The van der Waals surface area contributed by atoms with Gasteiger partial charge in [-0.2, -0.15) is 0 Å². The Labute approximate surface area is 194 Å². The number of nitrogens with zero attached hydrogens (tertiary/aromatic N) is 1. The number of esters is 1. The van der Waals surface area contributed by atoms with Crippen LogP contribution in [0.3, 0.4) is 0 Å². The van der Waals surface area contributed by atoms with Gasteiger partial charge in [-0.3, -0.25) is 9.69 Å². The van der Waals surface area contributed by atoms with E-state index in [4.69, 9.17) is 35.9 Å². The van der Waals surface area contributed by atoms with Gasteiger partial charge in [-0.25, -0.2) is 4.79 Å². The molecule has 2 heterocycles. The second kappa shape index (κ2) is 9.49. The molecule has 10 heteroatoms. The number of methoxy groups -OCH3 is 1. The molecule has 0 unspecified atom stereocenters. The molecule has 4 rings (SSSR count). The van der Waals surface area contributed by atoms with Gasteiger partial charge in [0.25, 0.3) is 5.91 Å². The van der Waals surface area contributed by atoms with Crippen LogP contribution < -0.4 is 23.8 Å². The summed E-state index contributed by atoms with van der Waals surface area (Å²) in [6, 6.07) is 10.4. The second-order valence-electron chi connectivity index (χ2n) is 6.56. The lowest BCUT2D eigenvalue weighted by atomic mass is 10.1. The van der Waals surface area contributed by atoms with Crippen LogP contribution in [0.2, 0.25) is 0 Å². The highest BCUT2D eigenvalue weighted by Crippen LogP contribution is 2.41. The van der Waals surface area contributed by atoms with Crippen molar-refractivity contribution in [2.24, 2.45) is 0 Å². The zero-order chi connectivity index (χ0) is 22.7. The Morgan fingerprint density at radius 3 is 2.78 bits per heavy atom. The molecule has 2 aliphatic rings. The monoisotopic (exact) mass is 473 g/mol. The topological polar surface area (TPSA) is 83.5 Å². The lowest BCUT2D eigenvalue weighted by Crippen LogP contribution is -2.27. The molecule has 0 radical (unpaired) electrons. The Morgan fingerprint density at radius 2 is 2.00 bits per heavy atom. The van der Waals surface area contributed by atoms with E-state index < -0.39 is 5.97 Å². The first-order valence-electron chi connectivity index (χ1n) is 9.64. The minimum atomic E-state index is -0.482. The highest BCUT2D eigenvalue weighted by atomic mass is 32.2. The molecule has 0 spiro atoms. The fourth-order valence-corrected chi connectivity index (χ4v) is 4.40. The lowest BCUT2D eigenvalue weighted by molar-refractivity contribution is -0.145. The molecule has 0 bridgehead atoms. The van der Waals surface area contributed by atoms with Crippen molar-refractivity contribution >= 4 is 51.9 Å². The van der Waals surface area contributed by atoms with Gasteiger partial charge in [0.15, 0.2) is 33.9 Å². The summed E-state index contributed by atoms with van der Waals surface area (Å²) < 4.78 is 26.8. The first-order chi connectivity index (χ1) is 15.5. The van der Waals surface area contributed by atoms with E-state index in [0.29, 0.717) is 43.5 Å². The van der Waals surface area contributed by atoms with E-state index in [9.17, 15) is 9.59 Å². The largest absolute Gasteiger partial charge is 0.493 e. The quantitative estimate of drug-likeness (QED) is 0.339. The number of rotatable bonds is 7. The van der Waals surface area contributed by atoms with Crippen LogP contribution in [0.5, 0.6) is 23.0 Å². The van der Waals surface area contributed by atoms with Crippen LogP contribution in [0.15, 0.2) is 41.3 Å². The number of thiocarbonyl (C=S) groups is 1. The Hall–Kier alpha value is -3.24. The number of anilines is 1. The predicted molar refractivity (Wildman–Crippen MR) is 123 cm³/mol. The first kappa shape index (κ1) is 22.0. The molecule has 0 aromatic heterocycles. The van der Waals surface area contributed by atoms with Crippen LogP contribution >= 0.6 is 24.0 Å². The molecule has 1 amide bonds. The van der Waals surface area contributed by atoms with Gasteiger partial charge < -0.3 is 23.7 Å². The number of amides is 1. The molecule has 0 N–H and O–H groups in total. The van der Waals surface area contributed by atoms with Crippen molar-refractivity contribution < 1.29 is 33.3 Å². The molecule has 0 aliphatic carbocycles. The predicted octanol–water partition coefficient (Wildman–Crippen LogP) is 3.77. The molecule has 1 saturated heterocycles. The van der Waals surface area contributed by atoms with E-state index in [-0.39, 0.29) is 25.9 Å². The fourth-order valence-electron chi connectivity index (χ4n) is 3.10. The SMILES string of the molecule is CCOC(=O)COc1cc(/C=C2\SC(=S)N(c3ccc4c(c3)OCO4)C2=O)ccc1OC. The van der Waals surface area contributed by atoms with Gasteiger partial charge in [-0.05, 0) is 42.8 Å². The highest BCUT2D eigenvalue weighted by Gasteiger charge is 2.34. The summed E-state index contributed by atoms with van der Waals surface area (Å²) in [7, 11) is 1.50. The third kappa shape index (κ3) is 4.51. The maximum Gasteiger partial charge on any atom is 0.344 e. The number of hydrogen-bond acceptors (Lipinski definition) is 9. The second-order valence-corrected chi connectivity index (χ2v) is 8.23. The van der Waals surface area contributed by atoms with Crippen LogP contribution in [0, 0.1) is 0 Å². The molecule has 1 fully saturated rings. The van der Waals surface area contributed by atoms with E-state index >= 15 is 0 Å². The van der Waals surface area contributed by atoms with Crippen LogP contribution in [0.25, 0.3) is 6.08 Å². The maximum absolute atomic E-state index is 13.1. The van der Waals surface area contributed by atoms with Gasteiger partial charge in [-0.1, -0.05) is 30.0 Å². The van der Waals surface area contributed by atoms with Gasteiger partial charge in [0.05, 0.1) is 24.3 Å². The molecule has 2 aromatic carbocycles. The van der Waals surface area contributed by atoms with Crippen molar-refractivity contribution in [1.29, 1.82) is 0 Å². The van der Waals surface area contributed by atoms with E-state index in [1.54, 1.807) is 49.4 Å². The van der Waals surface area contributed by atoms with Gasteiger partial charge in [-0.15, -0.1) is 0 Å². The summed E-state index contributed by atoms with van der Waals surface area (Å²) in [5, 5.41) is 0. The van der Waals surface area contributed by atoms with Gasteiger partial charge >= 0.3 is 5.97 Å². The Kier molecular flexibility index (Phi) is 6.52. The molecule has 0 saturated carbocycles. The van der Waals surface area contributed by atoms with E-state index in [1.807, 2.05) is 0 Å². The fraction of sp³-hybridized carbons (Fsp3) is 0.227. The van der Waals surface area contributed by atoms with Crippen molar-refractivity contribution in [3.63, 3.8) is 0 Å². The molecular formula is C22H19NO7S2. The molecule has 0 atom stereocenters. The highest BCUT2D eigenvalue weighted by molar-refractivity contribution is 8.27. The summed E-state index contributed by atoms with van der Waals surface area (Å²) in [5.74, 6) is 1.29. The number of carbonyl (C=O) groups excluding carboxylic acids is 2. The minimum absolute atomic E-state index is 0.148. The van der Waals surface area contributed by atoms with Crippen molar-refractivity contribution in [2.75, 3.05) is 32.0 Å². The minimum Gasteiger partial charge on any atom is -0.493 e. The summed E-state index contributed by atoms with van der Waals surface area (Å²) in [6.07, 6.45) is 1.71. The average molecular weight is 474 g/mol. The van der Waals surface area contributed by atoms with Crippen LogP contribution in [-0.2, 0) is 14.3 Å². The third-order valence-corrected chi connectivity index (χ3v) is 5.85. The van der Waals surface area contributed by atoms with Gasteiger partial charge in [0, 0.05) is 6.07 Å². The van der Waals surface area contributed by atoms with E-state index in [0.717, 1.165) is 0 Å². The Bertz CT molecular complexity index is 1120. The Balaban J connectivity index is 1.56. The smallest absolute Gasteiger partial charge is 0.344 e. The van der Waals surface area contributed by atoms with Gasteiger partial charge in [0.1, 0.15) is 0 Å². The first-order valence-corrected chi connectivity index (χ1v) is 10.9. The average Bonchev–Trinajstić information content (AvgIpc) is 3.36. The molecule has 166 valence electrons. The number of carbonyl (C=O) groups is 2. The Morgan fingerprint density at radius 1 is 1.19 bits per heavy atom.